The average Bonchev–Trinajstić information content (AvgIpc) is 2.65. The second-order valence-electron chi connectivity index (χ2n) is 6.55. The number of ether oxygens (including phenoxy) is 1. The summed E-state index contributed by atoms with van der Waals surface area (Å²) in [6.45, 7) is 3.82. The van der Waals surface area contributed by atoms with Crippen molar-refractivity contribution >= 4 is 23.2 Å². The number of hydrogen-bond acceptors (Lipinski definition) is 2. The van der Waals surface area contributed by atoms with Gasteiger partial charge in [-0.25, -0.2) is 0 Å². The highest BCUT2D eigenvalue weighted by Gasteiger charge is 2.11. The Labute approximate surface area is 164 Å². The molecular formula is C23H22ClNO2. The maximum Gasteiger partial charge on any atom is 0.262 e. The molecule has 1 N–H and O–H groups in total. The number of rotatable bonds is 6. The Morgan fingerprint density at radius 1 is 1.00 bits per heavy atom. The van der Waals surface area contributed by atoms with Gasteiger partial charge in [-0.3, -0.25) is 4.79 Å². The smallest absolute Gasteiger partial charge is 0.262 e. The molecule has 0 unspecified atom stereocenters. The van der Waals surface area contributed by atoms with E-state index in [2.05, 4.69) is 17.4 Å². The van der Waals surface area contributed by atoms with Crippen LogP contribution in [0.25, 0.3) is 0 Å². The highest BCUT2D eigenvalue weighted by atomic mass is 35.5. The number of para-hydroxylation sites is 1. The molecule has 3 aromatic rings. The minimum Gasteiger partial charge on any atom is -0.483 e. The van der Waals surface area contributed by atoms with E-state index in [0.29, 0.717) is 16.5 Å². The molecule has 0 aliphatic heterocycles. The Kier molecular flexibility index (Phi) is 6.15. The molecule has 3 rings (SSSR count). The number of benzene rings is 3. The number of aryl methyl sites for hydroxylation is 2. The first-order valence-electron chi connectivity index (χ1n) is 8.84. The van der Waals surface area contributed by atoms with Gasteiger partial charge < -0.3 is 10.1 Å². The van der Waals surface area contributed by atoms with Gasteiger partial charge in [0.25, 0.3) is 5.91 Å². The van der Waals surface area contributed by atoms with Gasteiger partial charge in [-0.2, -0.15) is 0 Å². The molecule has 1 amide bonds. The lowest BCUT2D eigenvalue weighted by Crippen LogP contribution is -2.21. The van der Waals surface area contributed by atoms with Crippen molar-refractivity contribution in [2.75, 3.05) is 11.9 Å². The second kappa shape index (κ2) is 8.74. The minimum absolute atomic E-state index is 0.0740. The molecule has 0 saturated heterocycles. The second-order valence-corrected chi connectivity index (χ2v) is 6.95. The summed E-state index contributed by atoms with van der Waals surface area (Å²) in [6.07, 6.45) is 0.752. The van der Waals surface area contributed by atoms with Gasteiger partial charge in [-0.15, -0.1) is 0 Å². The zero-order valence-corrected chi connectivity index (χ0v) is 16.2. The average molecular weight is 380 g/mol. The van der Waals surface area contributed by atoms with Gasteiger partial charge in [0.15, 0.2) is 6.61 Å². The van der Waals surface area contributed by atoms with Gasteiger partial charge in [0.2, 0.25) is 0 Å². The number of hydrogen-bond donors (Lipinski definition) is 1. The fourth-order valence-electron chi connectivity index (χ4n) is 3.00. The zero-order chi connectivity index (χ0) is 19.2. The van der Waals surface area contributed by atoms with Gasteiger partial charge in [0.05, 0.1) is 10.7 Å². The first-order chi connectivity index (χ1) is 13.0. The standard InChI is InChI=1S/C23H22ClNO2/c1-16-12-17(2)23(20(24)13-16)25-22(26)15-27-21-11-7-6-10-19(21)14-18-8-4-3-5-9-18/h3-13H,14-15H2,1-2H3,(H,25,26). The maximum absolute atomic E-state index is 12.4. The van der Waals surface area contributed by atoms with Crippen molar-refractivity contribution in [3.05, 3.63) is 94.0 Å². The zero-order valence-electron chi connectivity index (χ0n) is 15.5. The lowest BCUT2D eigenvalue weighted by atomic mass is 10.0. The van der Waals surface area contributed by atoms with E-state index in [1.165, 1.54) is 5.56 Å². The van der Waals surface area contributed by atoms with Crippen LogP contribution in [0.4, 0.5) is 5.69 Å². The summed E-state index contributed by atoms with van der Waals surface area (Å²) in [4.78, 5) is 12.4. The fraction of sp³-hybridized carbons (Fsp3) is 0.174. The monoisotopic (exact) mass is 379 g/mol. The topological polar surface area (TPSA) is 38.3 Å². The highest BCUT2D eigenvalue weighted by molar-refractivity contribution is 6.34. The summed E-state index contributed by atoms with van der Waals surface area (Å²) in [5, 5.41) is 3.38. The third-order valence-corrected chi connectivity index (χ3v) is 4.56. The first kappa shape index (κ1) is 19.0. The molecule has 0 heterocycles. The van der Waals surface area contributed by atoms with E-state index in [9.17, 15) is 4.79 Å². The van der Waals surface area contributed by atoms with E-state index >= 15 is 0 Å². The molecule has 0 aliphatic carbocycles. The van der Waals surface area contributed by atoms with Crippen LogP contribution in [0.1, 0.15) is 22.3 Å². The summed E-state index contributed by atoms with van der Waals surface area (Å²) >= 11 is 6.26. The molecule has 0 bridgehead atoms. The van der Waals surface area contributed by atoms with Crippen LogP contribution in [0.3, 0.4) is 0 Å². The molecule has 0 fully saturated rings. The van der Waals surface area contributed by atoms with Gasteiger partial charge in [-0.1, -0.05) is 66.2 Å². The summed E-state index contributed by atoms with van der Waals surface area (Å²) < 4.78 is 5.79. The van der Waals surface area contributed by atoms with E-state index < -0.39 is 0 Å². The SMILES string of the molecule is Cc1cc(C)c(NC(=O)COc2ccccc2Cc2ccccc2)c(Cl)c1. The van der Waals surface area contributed by atoms with E-state index in [1.54, 1.807) is 0 Å². The van der Waals surface area contributed by atoms with Crippen molar-refractivity contribution in [3.63, 3.8) is 0 Å². The highest BCUT2D eigenvalue weighted by Crippen LogP contribution is 2.27. The van der Waals surface area contributed by atoms with Crippen LogP contribution >= 0.6 is 11.6 Å². The molecule has 0 aliphatic rings. The lowest BCUT2D eigenvalue weighted by molar-refractivity contribution is -0.118. The summed E-state index contributed by atoms with van der Waals surface area (Å²) in [6, 6.07) is 21.8. The first-order valence-corrected chi connectivity index (χ1v) is 9.22. The minimum atomic E-state index is -0.238. The van der Waals surface area contributed by atoms with E-state index in [4.69, 9.17) is 16.3 Å². The van der Waals surface area contributed by atoms with Crippen LogP contribution in [0, 0.1) is 13.8 Å². The Balaban J connectivity index is 1.66. The van der Waals surface area contributed by atoms with E-state index in [1.807, 2.05) is 68.4 Å². The number of halogens is 1. The number of amides is 1. The van der Waals surface area contributed by atoms with Crippen molar-refractivity contribution in [3.8, 4) is 5.75 Å². The quantitative estimate of drug-likeness (QED) is 0.608. The maximum atomic E-state index is 12.4. The van der Waals surface area contributed by atoms with Gasteiger partial charge in [-0.05, 0) is 48.2 Å². The van der Waals surface area contributed by atoms with Crippen LogP contribution in [-0.4, -0.2) is 12.5 Å². The van der Waals surface area contributed by atoms with E-state index in [-0.39, 0.29) is 12.5 Å². The number of nitrogens with one attached hydrogen (secondary N) is 1. The van der Waals surface area contributed by atoms with Crippen LogP contribution in [0.2, 0.25) is 5.02 Å². The molecule has 0 saturated carbocycles. The Hall–Kier alpha value is -2.78. The molecular weight excluding hydrogens is 358 g/mol. The third-order valence-electron chi connectivity index (χ3n) is 4.26. The largest absolute Gasteiger partial charge is 0.483 e. The van der Waals surface area contributed by atoms with Crippen LogP contribution in [0.15, 0.2) is 66.7 Å². The van der Waals surface area contributed by atoms with Crippen molar-refractivity contribution in [2.45, 2.75) is 20.3 Å². The predicted octanol–water partition coefficient (Wildman–Crippen LogP) is 5.57. The van der Waals surface area contributed by atoms with Crippen LogP contribution in [0.5, 0.6) is 5.75 Å². The molecule has 0 radical (unpaired) electrons. The lowest BCUT2D eigenvalue weighted by Gasteiger charge is -2.14. The van der Waals surface area contributed by atoms with Gasteiger partial charge in [0, 0.05) is 6.42 Å². The summed E-state index contributed by atoms with van der Waals surface area (Å²) in [5.41, 5.74) is 4.86. The number of carbonyl (C=O) groups is 1. The number of carbonyl (C=O) groups excluding carboxylic acids is 1. The van der Waals surface area contributed by atoms with Crippen molar-refractivity contribution < 1.29 is 9.53 Å². The summed E-state index contributed by atoms with van der Waals surface area (Å²) in [7, 11) is 0. The molecule has 3 nitrogen and oxygen atoms in total. The fourth-order valence-corrected chi connectivity index (χ4v) is 3.37. The normalized spacial score (nSPS) is 10.5. The Morgan fingerprint density at radius 3 is 2.44 bits per heavy atom. The van der Waals surface area contributed by atoms with Crippen LogP contribution in [-0.2, 0) is 11.2 Å². The molecule has 0 spiro atoms. The van der Waals surface area contributed by atoms with Gasteiger partial charge in [0.1, 0.15) is 5.75 Å². The van der Waals surface area contributed by atoms with Crippen molar-refractivity contribution in [2.24, 2.45) is 0 Å². The predicted molar refractivity (Wildman–Crippen MR) is 111 cm³/mol. The molecule has 138 valence electrons. The van der Waals surface area contributed by atoms with Crippen LogP contribution < -0.4 is 10.1 Å². The molecule has 3 aromatic carbocycles. The molecule has 0 aromatic heterocycles. The van der Waals surface area contributed by atoms with Gasteiger partial charge >= 0.3 is 0 Å². The third kappa shape index (κ3) is 5.11. The van der Waals surface area contributed by atoms with E-state index in [0.717, 1.165) is 23.1 Å². The Morgan fingerprint density at radius 2 is 1.70 bits per heavy atom. The molecule has 27 heavy (non-hydrogen) atoms. The number of anilines is 1. The van der Waals surface area contributed by atoms with Crippen molar-refractivity contribution in [1.82, 2.24) is 0 Å². The van der Waals surface area contributed by atoms with Crippen molar-refractivity contribution in [1.29, 1.82) is 0 Å². The molecule has 4 heteroatoms. The molecule has 0 atom stereocenters. The Bertz CT molecular complexity index is 915. The summed E-state index contributed by atoms with van der Waals surface area (Å²) in [5.74, 6) is 0.474.